The Kier molecular flexibility index (Phi) is 7.44. The summed E-state index contributed by atoms with van der Waals surface area (Å²) < 4.78 is 0. The van der Waals surface area contributed by atoms with Crippen molar-refractivity contribution in [2.45, 2.75) is 18.3 Å². The molecule has 1 fully saturated rings. The highest BCUT2D eigenvalue weighted by molar-refractivity contribution is 7.84. The summed E-state index contributed by atoms with van der Waals surface area (Å²) in [4.78, 5) is 5.03. The number of thiol groups is 2. The molecule has 1 aliphatic heterocycles. The van der Waals surface area contributed by atoms with Crippen LogP contribution in [0.2, 0.25) is 0 Å². The summed E-state index contributed by atoms with van der Waals surface area (Å²) in [7, 11) is 0. The van der Waals surface area contributed by atoms with Gasteiger partial charge in [0, 0.05) is 17.2 Å². The van der Waals surface area contributed by atoms with Gasteiger partial charge in [-0.3, -0.25) is 10.3 Å². The zero-order chi connectivity index (χ0) is 15.0. The zero-order valence-corrected chi connectivity index (χ0v) is 13.3. The molecule has 0 amide bonds. The summed E-state index contributed by atoms with van der Waals surface area (Å²) in [6.45, 7) is 9.55. The number of rotatable bonds is 4. The maximum Gasteiger partial charge on any atom is 0.0658 e. The minimum atomic E-state index is 0.495. The van der Waals surface area contributed by atoms with Crippen molar-refractivity contribution >= 4 is 37.2 Å². The normalized spacial score (nSPS) is 21.1. The van der Waals surface area contributed by atoms with Gasteiger partial charge in [-0.15, -0.1) is 12.6 Å². The minimum Gasteiger partial charge on any atom is -0.299 e. The first-order valence-electron chi connectivity index (χ1n) is 6.28. The summed E-state index contributed by atoms with van der Waals surface area (Å²) in [5.74, 6) is 0. The predicted octanol–water partition coefficient (Wildman–Crippen LogP) is 4.18. The fraction of sp³-hybridized carbons (Fsp3) is 0.188. The van der Waals surface area contributed by atoms with E-state index in [1.165, 1.54) is 0 Å². The molecule has 106 valence electrons. The number of aliphatic imine (C=N–C) groups is 1. The lowest BCUT2D eigenvalue weighted by molar-refractivity contribution is 1.09. The van der Waals surface area contributed by atoms with E-state index >= 15 is 0 Å². The second kappa shape index (κ2) is 8.84. The molecular weight excluding hydrogens is 284 g/mol. The quantitative estimate of drug-likeness (QED) is 0.332. The molecule has 0 radical (unpaired) electrons. The van der Waals surface area contributed by atoms with E-state index in [1.54, 1.807) is 18.4 Å². The number of hydrogen-bond acceptors (Lipinski definition) is 4. The van der Waals surface area contributed by atoms with E-state index in [0.717, 1.165) is 16.2 Å². The second-order valence-electron chi connectivity index (χ2n) is 4.31. The summed E-state index contributed by atoms with van der Waals surface area (Å²) >= 11 is 8.31. The molecule has 2 atom stereocenters. The fourth-order valence-corrected chi connectivity index (χ4v) is 1.56. The van der Waals surface area contributed by atoms with E-state index in [-0.39, 0.29) is 0 Å². The molecular formula is C16H20N2S2. The molecule has 1 saturated heterocycles. The second-order valence-corrected chi connectivity index (χ2v) is 5.34. The molecule has 1 N–H and O–H groups in total. The van der Waals surface area contributed by atoms with Gasteiger partial charge in [-0.1, -0.05) is 37.4 Å². The van der Waals surface area contributed by atoms with Crippen LogP contribution in [0, 0.1) is 0 Å². The van der Waals surface area contributed by atoms with Crippen molar-refractivity contribution in [3.63, 3.8) is 0 Å². The molecule has 0 aliphatic carbocycles. The van der Waals surface area contributed by atoms with Gasteiger partial charge in [0.15, 0.2) is 0 Å². The van der Waals surface area contributed by atoms with Gasteiger partial charge < -0.3 is 0 Å². The van der Waals surface area contributed by atoms with Gasteiger partial charge in [0.2, 0.25) is 0 Å². The molecule has 1 aliphatic rings. The molecule has 0 aromatic heterocycles. The summed E-state index contributed by atoms with van der Waals surface area (Å²) in [5, 5.41) is 3.55. The van der Waals surface area contributed by atoms with Crippen molar-refractivity contribution in [3.8, 4) is 0 Å². The molecule has 0 saturated carbocycles. The third kappa shape index (κ3) is 6.80. The zero-order valence-electron chi connectivity index (χ0n) is 11.5. The number of nitrogens with one attached hydrogen (secondary N) is 1. The van der Waals surface area contributed by atoms with E-state index in [2.05, 4.69) is 55.6 Å². The van der Waals surface area contributed by atoms with E-state index < -0.39 is 0 Å². The number of hydrogen-bond donors (Lipinski definition) is 3. The summed E-state index contributed by atoms with van der Waals surface area (Å²) in [6.07, 6.45) is 5.14. The van der Waals surface area contributed by atoms with Crippen LogP contribution in [0.15, 0.2) is 71.1 Å². The topological polar surface area (TPSA) is 34.3 Å². The molecule has 20 heavy (non-hydrogen) atoms. The van der Waals surface area contributed by atoms with Gasteiger partial charge >= 0.3 is 0 Å². The summed E-state index contributed by atoms with van der Waals surface area (Å²) in [5.41, 5.74) is 1.67. The van der Waals surface area contributed by atoms with Crippen molar-refractivity contribution in [1.29, 1.82) is 0 Å². The monoisotopic (exact) mass is 304 g/mol. The van der Waals surface area contributed by atoms with Gasteiger partial charge in [-0.05, 0) is 30.7 Å². The van der Waals surface area contributed by atoms with Crippen LogP contribution in [-0.2, 0) is 0 Å². The highest BCUT2D eigenvalue weighted by Gasteiger charge is 2.26. The van der Waals surface area contributed by atoms with Crippen LogP contribution in [0.3, 0.4) is 0 Å². The van der Waals surface area contributed by atoms with Crippen LogP contribution < -0.4 is 5.32 Å². The Hall–Kier alpha value is -1.23. The van der Waals surface area contributed by atoms with Crippen LogP contribution in [0.5, 0.6) is 0 Å². The maximum atomic E-state index is 4.26. The lowest BCUT2D eigenvalue weighted by Crippen LogP contribution is -1.81. The molecule has 1 aromatic carbocycles. The third-order valence-corrected chi connectivity index (χ3v) is 3.56. The Labute approximate surface area is 132 Å². The van der Waals surface area contributed by atoms with E-state index in [1.807, 2.05) is 30.3 Å². The summed E-state index contributed by atoms with van der Waals surface area (Å²) in [6, 6.07) is 10.4. The first kappa shape index (κ1) is 16.8. The molecule has 1 heterocycles. The fourth-order valence-electron chi connectivity index (χ4n) is 1.17. The number of para-hydroxylation sites is 1. The SMILES string of the molecule is C=C/C=C(/S)C(=C)C=Nc1ccccc1.CC1NC1S. The minimum absolute atomic E-state index is 0.495. The molecule has 2 rings (SSSR count). The highest BCUT2D eigenvalue weighted by atomic mass is 32.1. The van der Waals surface area contributed by atoms with Crippen molar-refractivity contribution in [2.24, 2.45) is 4.99 Å². The molecule has 1 aromatic rings. The largest absolute Gasteiger partial charge is 0.299 e. The lowest BCUT2D eigenvalue weighted by atomic mass is 10.3. The Morgan fingerprint density at radius 1 is 1.35 bits per heavy atom. The molecule has 0 spiro atoms. The van der Waals surface area contributed by atoms with Gasteiger partial charge in [0.25, 0.3) is 0 Å². The lowest BCUT2D eigenvalue weighted by Gasteiger charge is -1.96. The van der Waals surface area contributed by atoms with Crippen LogP contribution in [0.1, 0.15) is 6.92 Å². The Morgan fingerprint density at radius 2 is 1.90 bits per heavy atom. The predicted molar refractivity (Wildman–Crippen MR) is 96.4 cm³/mol. The highest BCUT2D eigenvalue weighted by Crippen LogP contribution is 2.14. The van der Waals surface area contributed by atoms with Gasteiger partial charge in [-0.2, -0.15) is 12.6 Å². The molecule has 0 bridgehead atoms. The Morgan fingerprint density at radius 3 is 2.35 bits per heavy atom. The van der Waals surface area contributed by atoms with E-state index in [0.29, 0.717) is 11.4 Å². The van der Waals surface area contributed by atoms with Crippen molar-refractivity contribution in [1.82, 2.24) is 5.32 Å². The van der Waals surface area contributed by atoms with Crippen molar-refractivity contribution in [3.05, 3.63) is 66.1 Å². The van der Waals surface area contributed by atoms with Crippen molar-refractivity contribution < 1.29 is 0 Å². The van der Waals surface area contributed by atoms with Crippen LogP contribution >= 0.6 is 25.3 Å². The standard InChI is InChI=1S/C13H13NS.C3H7NS/c1-3-7-13(15)11(2)10-14-12-8-5-4-6-9-12;1-2-3(5)4-2/h3-10,15H,1-2H2;2-5H,1H3/b13-7+,14-10?;. The smallest absolute Gasteiger partial charge is 0.0658 e. The van der Waals surface area contributed by atoms with Crippen molar-refractivity contribution in [2.75, 3.05) is 0 Å². The van der Waals surface area contributed by atoms with E-state index in [9.17, 15) is 0 Å². The molecule has 4 heteroatoms. The Bertz CT molecular complexity index is 500. The first-order valence-corrected chi connectivity index (χ1v) is 7.25. The van der Waals surface area contributed by atoms with Crippen LogP contribution in [-0.4, -0.2) is 17.6 Å². The first-order chi connectivity index (χ1) is 9.54. The average Bonchev–Trinajstić information content (AvgIpc) is 3.11. The number of allylic oxidation sites excluding steroid dienone is 3. The number of nitrogens with zero attached hydrogens (tertiary/aromatic N) is 1. The molecule has 2 nitrogen and oxygen atoms in total. The Balaban J connectivity index is 0.000000333. The van der Waals surface area contributed by atoms with Crippen LogP contribution in [0.25, 0.3) is 0 Å². The van der Waals surface area contributed by atoms with Gasteiger partial charge in [0.05, 0.1) is 11.1 Å². The third-order valence-electron chi connectivity index (χ3n) is 2.53. The van der Waals surface area contributed by atoms with E-state index in [4.69, 9.17) is 0 Å². The average molecular weight is 304 g/mol. The van der Waals surface area contributed by atoms with Gasteiger partial charge in [0.1, 0.15) is 0 Å². The van der Waals surface area contributed by atoms with Gasteiger partial charge in [-0.25, -0.2) is 0 Å². The maximum absolute atomic E-state index is 4.26. The molecule has 2 unspecified atom stereocenters. The van der Waals surface area contributed by atoms with Crippen LogP contribution in [0.4, 0.5) is 5.69 Å². The number of benzene rings is 1.